The number of fused-ring (bicyclic) bond motifs is 1. The molecular formula is C18H17N5O2. The number of pyridine rings is 1. The average Bonchev–Trinajstić information content (AvgIpc) is 3.17. The molecule has 7 nitrogen and oxygen atoms in total. The largest absolute Gasteiger partial charge is 0.345 e. The third kappa shape index (κ3) is 2.63. The van der Waals surface area contributed by atoms with E-state index in [-0.39, 0.29) is 30.3 Å². The fourth-order valence-corrected chi connectivity index (χ4v) is 3.38. The first-order valence-electron chi connectivity index (χ1n) is 8.04. The number of likely N-dealkylation sites (N-methyl/N-ethyl adjacent to an activating group) is 1. The van der Waals surface area contributed by atoms with Gasteiger partial charge in [0.25, 0.3) is 5.91 Å². The molecule has 4 rings (SSSR count). The van der Waals surface area contributed by atoms with E-state index in [0.29, 0.717) is 5.69 Å². The van der Waals surface area contributed by atoms with Crippen LogP contribution in [-0.4, -0.2) is 45.0 Å². The zero-order chi connectivity index (χ0) is 17.4. The molecule has 0 aliphatic carbocycles. The van der Waals surface area contributed by atoms with Crippen molar-refractivity contribution in [1.29, 1.82) is 0 Å². The lowest BCUT2D eigenvalue weighted by atomic mass is 10.0. The van der Waals surface area contributed by atoms with Crippen LogP contribution in [0.1, 0.15) is 28.5 Å². The van der Waals surface area contributed by atoms with Gasteiger partial charge in [-0.2, -0.15) is 5.10 Å². The first-order valence-corrected chi connectivity index (χ1v) is 8.04. The van der Waals surface area contributed by atoms with Crippen LogP contribution in [-0.2, 0) is 4.79 Å². The molecular weight excluding hydrogens is 318 g/mol. The summed E-state index contributed by atoms with van der Waals surface area (Å²) in [6, 6.07) is 10.6. The molecule has 0 radical (unpaired) electrons. The predicted molar refractivity (Wildman–Crippen MR) is 91.7 cm³/mol. The Morgan fingerprint density at radius 2 is 2.12 bits per heavy atom. The number of H-pyrrole nitrogens is 1. The highest BCUT2D eigenvalue weighted by atomic mass is 16.2. The standard InChI is InChI=1S/C18H17N5O2/c1-23-15(24)9-14(17(23)11-5-4-8-19-10-11)20-18(25)16-12-6-2-3-7-13(12)21-22-16/h2-8,10,14,17H,9H2,1H3,(H,20,25)(H,21,22)/t14-,17+/m1/s1. The van der Waals surface area contributed by atoms with Gasteiger partial charge in [0.15, 0.2) is 5.69 Å². The molecule has 126 valence electrons. The molecule has 1 aromatic carbocycles. The van der Waals surface area contributed by atoms with E-state index in [0.717, 1.165) is 16.5 Å². The van der Waals surface area contributed by atoms with Crippen molar-refractivity contribution in [3.8, 4) is 0 Å². The fourth-order valence-electron chi connectivity index (χ4n) is 3.38. The minimum absolute atomic E-state index is 0.00830. The number of aromatic amines is 1. The maximum Gasteiger partial charge on any atom is 0.272 e. The van der Waals surface area contributed by atoms with Crippen molar-refractivity contribution in [2.75, 3.05) is 7.05 Å². The summed E-state index contributed by atoms with van der Waals surface area (Å²) in [5, 5.41) is 10.7. The molecule has 25 heavy (non-hydrogen) atoms. The Hall–Kier alpha value is -3.22. The Kier molecular flexibility index (Phi) is 3.68. The van der Waals surface area contributed by atoms with Crippen molar-refractivity contribution in [2.24, 2.45) is 0 Å². The van der Waals surface area contributed by atoms with Gasteiger partial charge in [-0.3, -0.25) is 19.7 Å². The van der Waals surface area contributed by atoms with Crippen LogP contribution in [0.5, 0.6) is 0 Å². The number of nitrogens with zero attached hydrogens (tertiary/aromatic N) is 3. The molecule has 0 bridgehead atoms. The van der Waals surface area contributed by atoms with E-state index in [1.165, 1.54) is 0 Å². The molecule has 0 saturated carbocycles. The van der Waals surface area contributed by atoms with Crippen LogP contribution in [0.3, 0.4) is 0 Å². The maximum atomic E-state index is 12.7. The van der Waals surface area contributed by atoms with Gasteiger partial charge in [-0.1, -0.05) is 24.3 Å². The summed E-state index contributed by atoms with van der Waals surface area (Å²) in [6.07, 6.45) is 3.66. The highest BCUT2D eigenvalue weighted by Gasteiger charge is 2.39. The van der Waals surface area contributed by atoms with Crippen LogP contribution >= 0.6 is 0 Å². The van der Waals surface area contributed by atoms with Crippen molar-refractivity contribution in [3.05, 3.63) is 60.0 Å². The predicted octanol–water partition coefficient (Wildman–Crippen LogP) is 1.66. The fraction of sp³-hybridized carbons (Fsp3) is 0.222. The van der Waals surface area contributed by atoms with E-state index >= 15 is 0 Å². The number of para-hydroxylation sites is 1. The van der Waals surface area contributed by atoms with Crippen LogP contribution in [0.25, 0.3) is 10.9 Å². The van der Waals surface area contributed by atoms with Crippen molar-refractivity contribution >= 4 is 22.7 Å². The zero-order valence-corrected chi connectivity index (χ0v) is 13.6. The Labute approximate surface area is 144 Å². The van der Waals surface area contributed by atoms with Crippen LogP contribution in [0.15, 0.2) is 48.8 Å². The Morgan fingerprint density at radius 1 is 1.28 bits per heavy atom. The zero-order valence-electron chi connectivity index (χ0n) is 13.6. The molecule has 2 atom stereocenters. The number of hydrogen-bond acceptors (Lipinski definition) is 4. The molecule has 0 unspecified atom stereocenters. The number of rotatable bonds is 3. The summed E-state index contributed by atoms with van der Waals surface area (Å²) in [6.45, 7) is 0. The van der Waals surface area contributed by atoms with Gasteiger partial charge in [-0.05, 0) is 17.7 Å². The molecule has 1 fully saturated rings. The second-order valence-corrected chi connectivity index (χ2v) is 6.14. The van der Waals surface area contributed by atoms with Crippen LogP contribution in [0, 0.1) is 0 Å². The number of aromatic nitrogens is 3. The van der Waals surface area contributed by atoms with Gasteiger partial charge in [0.1, 0.15) is 0 Å². The molecule has 1 aliphatic heterocycles. The normalized spacial score (nSPS) is 20.2. The quantitative estimate of drug-likeness (QED) is 0.761. The number of carbonyl (C=O) groups excluding carboxylic acids is 2. The van der Waals surface area contributed by atoms with Gasteiger partial charge in [0.05, 0.1) is 17.6 Å². The van der Waals surface area contributed by atoms with E-state index < -0.39 is 0 Å². The van der Waals surface area contributed by atoms with E-state index in [1.54, 1.807) is 24.3 Å². The van der Waals surface area contributed by atoms with E-state index in [2.05, 4.69) is 20.5 Å². The number of amides is 2. The molecule has 0 spiro atoms. The van der Waals surface area contributed by atoms with Crippen molar-refractivity contribution in [1.82, 2.24) is 25.4 Å². The lowest BCUT2D eigenvalue weighted by Crippen LogP contribution is -2.39. The summed E-state index contributed by atoms with van der Waals surface area (Å²) >= 11 is 0. The monoisotopic (exact) mass is 335 g/mol. The van der Waals surface area contributed by atoms with Crippen molar-refractivity contribution < 1.29 is 9.59 Å². The van der Waals surface area contributed by atoms with Gasteiger partial charge in [0.2, 0.25) is 5.91 Å². The number of nitrogens with one attached hydrogen (secondary N) is 2. The third-order valence-electron chi connectivity index (χ3n) is 4.61. The van der Waals surface area contributed by atoms with Gasteiger partial charge in [-0.25, -0.2) is 0 Å². The maximum absolute atomic E-state index is 12.7. The summed E-state index contributed by atoms with van der Waals surface area (Å²) < 4.78 is 0. The molecule has 3 heterocycles. The first-order chi connectivity index (χ1) is 12.1. The lowest BCUT2D eigenvalue weighted by Gasteiger charge is -2.25. The Bertz CT molecular complexity index is 937. The third-order valence-corrected chi connectivity index (χ3v) is 4.61. The summed E-state index contributed by atoms with van der Waals surface area (Å²) in [4.78, 5) is 30.7. The lowest BCUT2D eigenvalue weighted by molar-refractivity contribution is -0.127. The van der Waals surface area contributed by atoms with E-state index in [1.807, 2.05) is 36.4 Å². The molecule has 1 aliphatic rings. The topological polar surface area (TPSA) is 91.0 Å². The molecule has 1 saturated heterocycles. The van der Waals surface area contributed by atoms with Crippen LogP contribution < -0.4 is 5.32 Å². The number of benzene rings is 1. The van der Waals surface area contributed by atoms with E-state index in [9.17, 15) is 9.59 Å². The van der Waals surface area contributed by atoms with Crippen LogP contribution in [0.2, 0.25) is 0 Å². The molecule has 2 aromatic heterocycles. The minimum Gasteiger partial charge on any atom is -0.345 e. The summed E-state index contributed by atoms with van der Waals surface area (Å²) in [7, 11) is 1.75. The first kappa shape index (κ1) is 15.3. The molecule has 3 aromatic rings. The highest BCUT2D eigenvalue weighted by Crippen LogP contribution is 2.31. The summed E-state index contributed by atoms with van der Waals surface area (Å²) in [5.41, 5.74) is 2.03. The molecule has 2 amide bonds. The van der Waals surface area contributed by atoms with Gasteiger partial charge < -0.3 is 10.2 Å². The molecule has 7 heteroatoms. The SMILES string of the molecule is CN1C(=O)C[C@@H](NC(=O)c2n[nH]c3ccccc23)[C@@H]1c1cccnc1. The number of carbonyl (C=O) groups is 2. The Balaban J connectivity index is 1.62. The van der Waals surface area contributed by atoms with E-state index in [4.69, 9.17) is 0 Å². The second kappa shape index (κ2) is 6.01. The van der Waals surface area contributed by atoms with Crippen molar-refractivity contribution in [3.63, 3.8) is 0 Å². The average molecular weight is 335 g/mol. The number of hydrogen-bond donors (Lipinski definition) is 2. The van der Waals surface area contributed by atoms with Gasteiger partial charge in [-0.15, -0.1) is 0 Å². The minimum atomic E-state index is -0.329. The second-order valence-electron chi connectivity index (χ2n) is 6.14. The molecule has 2 N–H and O–H groups in total. The number of likely N-dealkylation sites (tertiary alicyclic amines) is 1. The van der Waals surface area contributed by atoms with Crippen molar-refractivity contribution in [2.45, 2.75) is 18.5 Å². The highest BCUT2D eigenvalue weighted by molar-refractivity contribution is 6.05. The van der Waals surface area contributed by atoms with Gasteiger partial charge in [0, 0.05) is 31.2 Å². The Morgan fingerprint density at radius 3 is 2.92 bits per heavy atom. The van der Waals surface area contributed by atoms with Crippen LogP contribution in [0.4, 0.5) is 0 Å². The summed E-state index contributed by atoms with van der Waals surface area (Å²) in [5.74, 6) is -0.300. The smallest absolute Gasteiger partial charge is 0.272 e. The van der Waals surface area contributed by atoms with Gasteiger partial charge >= 0.3 is 0 Å².